The number of rotatable bonds is 14. The van der Waals surface area contributed by atoms with E-state index in [9.17, 15) is 19.5 Å². The highest BCUT2D eigenvalue weighted by molar-refractivity contribution is 6.00. The number of ether oxygens (including phenoxy) is 1. The fraction of sp³-hybridized carbons (Fsp3) is 0.559. The van der Waals surface area contributed by atoms with Crippen LogP contribution in [0.15, 0.2) is 36.4 Å². The van der Waals surface area contributed by atoms with Crippen LogP contribution in [0.1, 0.15) is 100 Å². The SMILES string of the molecule is CCCCCCCCN(C(=O)C(CO)NC(=O)OC(C)(C)C)C(C(=O)Nc1c(C)cccc1C)c1cccc(C)c1C. The summed E-state index contributed by atoms with van der Waals surface area (Å²) < 4.78 is 5.36. The minimum absolute atomic E-state index is 0.287. The number of nitrogens with zero attached hydrogens (tertiary/aromatic N) is 1. The van der Waals surface area contributed by atoms with E-state index in [0.717, 1.165) is 54.4 Å². The highest BCUT2D eigenvalue weighted by Crippen LogP contribution is 2.30. The van der Waals surface area contributed by atoms with Crippen molar-refractivity contribution in [2.24, 2.45) is 0 Å². The van der Waals surface area contributed by atoms with E-state index < -0.39 is 36.3 Å². The molecule has 232 valence electrons. The number of amides is 3. The van der Waals surface area contributed by atoms with Gasteiger partial charge in [0.2, 0.25) is 5.91 Å². The number of unbranched alkanes of at least 4 members (excludes halogenated alkanes) is 5. The molecule has 42 heavy (non-hydrogen) atoms. The zero-order valence-electron chi connectivity index (χ0n) is 26.8. The fourth-order valence-corrected chi connectivity index (χ4v) is 4.99. The number of aliphatic hydroxyl groups is 1. The number of carbonyl (C=O) groups excluding carboxylic acids is 3. The molecule has 0 saturated heterocycles. The molecule has 2 aromatic rings. The first kappa shape index (κ1) is 34.8. The minimum atomic E-state index is -1.28. The predicted octanol–water partition coefficient (Wildman–Crippen LogP) is 6.67. The van der Waals surface area contributed by atoms with Gasteiger partial charge in [0.1, 0.15) is 17.7 Å². The summed E-state index contributed by atoms with van der Waals surface area (Å²) in [5.41, 5.74) is 4.35. The lowest BCUT2D eigenvalue weighted by molar-refractivity contribution is -0.141. The summed E-state index contributed by atoms with van der Waals surface area (Å²) in [6.45, 7) is 14.8. The van der Waals surface area contributed by atoms with Crippen LogP contribution in [0, 0.1) is 27.7 Å². The molecule has 0 bridgehead atoms. The predicted molar refractivity (Wildman–Crippen MR) is 169 cm³/mol. The molecule has 3 amide bonds. The van der Waals surface area contributed by atoms with Crippen molar-refractivity contribution in [2.75, 3.05) is 18.5 Å². The number of carbonyl (C=O) groups is 3. The van der Waals surface area contributed by atoms with E-state index in [1.54, 1.807) is 20.8 Å². The summed E-state index contributed by atoms with van der Waals surface area (Å²) in [7, 11) is 0. The van der Waals surface area contributed by atoms with E-state index >= 15 is 0 Å². The summed E-state index contributed by atoms with van der Waals surface area (Å²) >= 11 is 0. The molecular formula is C34H51N3O5. The fourth-order valence-electron chi connectivity index (χ4n) is 4.99. The molecule has 2 unspecified atom stereocenters. The molecule has 8 nitrogen and oxygen atoms in total. The van der Waals surface area contributed by atoms with Crippen molar-refractivity contribution in [1.82, 2.24) is 10.2 Å². The number of benzene rings is 2. The van der Waals surface area contributed by atoms with Crippen molar-refractivity contribution in [3.63, 3.8) is 0 Å². The molecular weight excluding hydrogens is 530 g/mol. The zero-order chi connectivity index (χ0) is 31.4. The molecule has 0 aliphatic rings. The van der Waals surface area contributed by atoms with Gasteiger partial charge >= 0.3 is 6.09 Å². The van der Waals surface area contributed by atoms with Crippen molar-refractivity contribution < 1.29 is 24.2 Å². The van der Waals surface area contributed by atoms with Crippen LogP contribution in [0.4, 0.5) is 10.5 Å². The molecule has 0 saturated carbocycles. The Morgan fingerprint density at radius 1 is 0.881 bits per heavy atom. The highest BCUT2D eigenvalue weighted by Gasteiger charge is 2.37. The van der Waals surface area contributed by atoms with Gasteiger partial charge in [-0.2, -0.15) is 0 Å². The molecule has 3 N–H and O–H groups in total. The molecule has 8 heteroatoms. The first-order chi connectivity index (χ1) is 19.8. The van der Waals surface area contributed by atoms with Gasteiger partial charge in [0.05, 0.1) is 6.61 Å². The van der Waals surface area contributed by atoms with Crippen molar-refractivity contribution in [1.29, 1.82) is 0 Å². The van der Waals surface area contributed by atoms with Crippen molar-refractivity contribution >= 4 is 23.6 Å². The summed E-state index contributed by atoms with van der Waals surface area (Å²) in [6, 6.07) is 9.26. The molecule has 0 aliphatic carbocycles. The Morgan fingerprint density at radius 2 is 1.45 bits per heavy atom. The zero-order valence-corrected chi connectivity index (χ0v) is 26.8. The summed E-state index contributed by atoms with van der Waals surface area (Å²) in [5, 5.41) is 15.9. The van der Waals surface area contributed by atoms with E-state index in [1.165, 1.54) is 4.90 Å². The molecule has 0 fully saturated rings. The summed E-state index contributed by atoms with van der Waals surface area (Å²) in [6.07, 6.45) is 5.18. The third-order valence-corrected chi connectivity index (χ3v) is 7.44. The monoisotopic (exact) mass is 581 g/mol. The lowest BCUT2D eigenvalue weighted by Crippen LogP contribution is -2.54. The number of nitrogens with one attached hydrogen (secondary N) is 2. The third-order valence-electron chi connectivity index (χ3n) is 7.44. The number of hydrogen-bond acceptors (Lipinski definition) is 5. The van der Waals surface area contributed by atoms with Crippen molar-refractivity contribution in [3.05, 3.63) is 64.2 Å². The largest absolute Gasteiger partial charge is 0.444 e. The lowest BCUT2D eigenvalue weighted by atomic mass is 9.94. The van der Waals surface area contributed by atoms with E-state index in [4.69, 9.17) is 4.74 Å². The number of hydrogen-bond donors (Lipinski definition) is 3. The maximum absolute atomic E-state index is 14.2. The maximum atomic E-state index is 14.2. The number of alkyl carbamates (subject to hydrolysis) is 1. The second-order valence-electron chi connectivity index (χ2n) is 12.1. The standard InChI is InChI=1S/C34H51N3O5/c1-9-10-11-12-13-14-21-37(32(40)28(22-38)35-33(41)42-34(6,7)8)30(27-20-16-17-23(2)26(27)5)31(39)36-29-24(3)18-15-19-25(29)4/h15-20,28,30,38H,9-14,21-22H2,1-8H3,(H,35,41)(H,36,39). The van der Waals surface area contributed by atoms with E-state index in [1.807, 2.05) is 64.1 Å². The molecule has 2 atom stereocenters. The van der Waals surface area contributed by atoms with E-state index in [0.29, 0.717) is 17.7 Å². The Balaban J connectivity index is 2.55. The molecule has 0 heterocycles. The topological polar surface area (TPSA) is 108 Å². The lowest BCUT2D eigenvalue weighted by Gasteiger charge is -2.35. The first-order valence-electron chi connectivity index (χ1n) is 15.1. The number of anilines is 1. The van der Waals surface area contributed by atoms with Crippen LogP contribution in [0.2, 0.25) is 0 Å². The number of aliphatic hydroxyl groups excluding tert-OH is 1. The molecule has 0 aliphatic heterocycles. The van der Waals surface area contributed by atoms with Crippen LogP contribution < -0.4 is 10.6 Å². The van der Waals surface area contributed by atoms with Crippen molar-refractivity contribution in [3.8, 4) is 0 Å². The Kier molecular flexibility index (Phi) is 13.5. The van der Waals surface area contributed by atoms with Gasteiger partial charge in [-0.3, -0.25) is 9.59 Å². The van der Waals surface area contributed by atoms with Gasteiger partial charge < -0.3 is 25.4 Å². The summed E-state index contributed by atoms with van der Waals surface area (Å²) in [5.74, 6) is -0.895. The second kappa shape index (κ2) is 16.3. The molecule has 0 spiro atoms. The number of para-hydroxylation sites is 1. The van der Waals surface area contributed by atoms with Gasteiger partial charge in [-0.15, -0.1) is 0 Å². The van der Waals surface area contributed by atoms with Crippen LogP contribution in [-0.4, -0.2) is 52.7 Å². The Labute approximate surface area is 252 Å². The average molecular weight is 582 g/mol. The smallest absolute Gasteiger partial charge is 0.408 e. The van der Waals surface area contributed by atoms with Crippen LogP contribution in [0.25, 0.3) is 0 Å². The van der Waals surface area contributed by atoms with Crippen molar-refractivity contribution in [2.45, 2.75) is 112 Å². The Hall–Kier alpha value is -3.39. The van der Waals surface area contributed by atoms with Gasteiger partial charge in [0.15, 0.2) is 0 Å². The molecule has 0 radical (unpaired) electrons. The average Bonchev–Trinajstić information content (AvgIpc) is 2.91. The maximum Gasteiger partial charge on any atom is 0.408 e. The summed E-state index contributed by atoms with van der Waals surface area (Å²) in [4.78, 5) is 42.5. The van der Waals surface area contributed by atoms with Crippen LogP contribution >= 0.6 is 0 Å². The van der Waals surface area contributed by atoms with Gasteiger partial charge in [-0.05, 0) is 82.7 Å². The molecule has 2 rings (SSSR count). The van der Waals surface area contributed by atoms with Crippen LogP contribution in [0.3, 0.4) is 0 Å². The molecule has 0 aromatic heterocycles. The first-order valence-corrected chi connectivity index (χ1v) is 15.1. The number of aryl methyl sites for hydroxylation is 3. The van der Waals surface area contributed by atoms with Gasteiger partial charge in [-0.1, -0.05) is 75.4 Å². The molecule has 2 aromatic carbocycles. The Bertz CT molecular complexity index is 1180. The van der Waals surface area contributed by atoms with Gasteiger partial charge in [0.25, 0.3) is 5.91 Å². The Morgan fingerprint density at radius 3 is 2.05 bits per heavy atom. The highest BCUT2D eigenvalue weighted by atomic mass is 16.6. The minimum Gasteiger partial charge on any atom is -0.444 e. The van der Waals surface area contributed by atoms with E-state index in [-0.39, 0.29) is 12.5 Å². The second-order valence-corrected chi connectivity index (χ2v) is 12.1. The van der Waals surface area contributed by atoms with Gasteiger partial charge in [0, 0.05) is 12.2 Å². The van der Waals surface area contributed by atoms with E-state index in [2.05, 4.69) is 17.6 Å². The van der Waals surface area contributed by atoms with Gasteiger partial charge in [-0.25, -0.2) is 4.79 Å². The quantitative estimate of drug-likeness (QED) is 0.216. The normalized spacial score (nSPS) is 12.8. The third kappa shape index (κ3) is 10.2. The van der Waals surface area contributed by atoms with Crippen LogP contribution in [-0.2, 0) is 14.3 Å². The van der Waals surface area contributed by atoms with Crippen LogP contribution in [0.5, 0.6) is 0 Å².